The van der Waals surface area contributed by atoms with E-state index in [-0.39, 0.29) is 17.7 Å². The molecule has 6 atom stereocenters. The Morgan fingerprint density at radius 2 is 1.64 bits per heavy atom. The Morgan fingerprint density at radius 3 is 2.20 bits per heavy atom. The smallest absolute Gasteiger partial charge is 0.337 e. The standard InChI is InChI=1S/C19H19NO5/c1-25-19(24)9-2-4-10(5-3-9)20-17(21)15-11-6-7-12(14-8-13(11)14)16(15)18(22)23/h2-7,11-16H,8H2,1H3,(H,20,21)(H,22,23)/t11-,12-,13+,14-,15-,16-/m0/s1. The molecule has 0 saturated heterocycles. The summed E-state index contributed by atoms with van der Waals surface area (Å²) in [6.07, 6.45) is 5.04. The second kappa shape index (κ2) is 5.72. The zero-order chi connectivity index (χ0) is 17.7. The minimum Gasteiger partial charge on any atom is -0.481 e. The van der Waals surface area contributed by atoms with Crippen molar-refractivity contribution in [3.63, 3.8) is 0 Å². The molecule has 6 heteroatoms. The molecular weight excluding hydrogens is 322 g/mol. The van der Waals surface area contributed by atoms with Gasteiger partial charge in [0.2, 0.25) is 5.91 Å². The minimum absolute atomic E-state index is 0.00504. The summed E-state index contributed by atoms with van der Waals surface area (Å²) in [6, 6.07) is 6.38. The van der Waals surface area contributed by atoms with Gasteiger partial charge < -0.3 is 15.2 Å². The summed E-state index contributed by atoms with van der Waals surface area (Å²) in [5, 5.41) is 12.5. The number of aliphatic carboxylic acids is 1. The van der Waals surface area contributed by atoms with E-state index in [1.54, 1.807) is 24.3 Å². The number of benzene rings is 1. The van der Waals surface area contributed by atoms with Crippen molar-refractivity contribution in [3.8, 4) is 0 Å². The van der Waals surface area contributed by atoms with Crippen LogP contribution < -0.4 is 5.32 Å². The number of amides is 1. The first kappa shape index (κ1) is 15.9. The van der Waals surface area contributed by atoms with Crippen LogP contribution in [0.15, 0.2) is 36.4 Å². The van der Waals surface area contributed by atoms with E-state index in [4.69, 9.17) is 0 Å². The lowest BCUT2D eigenvalue weighted by atomic mass is 9.62. The van der Waals surface area contributed by atoms with Crippen LogP contribution in [0.5, 0.6) is 0 Å². The van der Waals surface area contributed by atoms with Gasteiger partial charge in [0, 0.05) is 5.69 Å². The molecule has 0 radical (unpaired) electrons. The van der Waals surface area contributed by atoms with E-state index in [1.165, 1.54) is 7.11 Å². The maximum Gasteiger partial charge on any atom is 0.337 e. The number of carbonyl (C=O) groups is 3. The third-order valence-corrected chi connectivity index (χ3v) is 5.81. The number of methoxy groups -OCH3 is 1. The first-order valence-electron chi connectivity index (χ1n) is 8.41. The van der Waals surface area contributed by atoms with Crippen LogP contribution in [0.4, 0.5) is 5.69 Å². The number of nitrogens with one attached hydrogen (secondary N) is 1. The predicted octanol–water partition coefficient (Wildman–Crippen LogP) is 2.18. The van der Waals surface area contributed by atoms with Crippen LogP contribution in [0.1, 0.15) is 16.8 Å². The van der Waals surface area contributed by atoms with Gasteiger partial charge in [0.05, 0.1) is 24.5 Å². The molecule has 4 aliphatic carbocycles. The number of esters is 1. The lowest BCUT2D eigenvalue weighted by Gasteiger charge is -2.41. The fourth-order valence-electron chi connectivity index (χ4n) is 4.60. The Labute approximate surface area is 144 Å². The average Bonchev–Trinajstić information content (AvgIpc) is 3.43. The minimum atomic E-state index is -0.897. The number of rotatable bonds is 4. The number of carboxylic acids is 1. The van der Waals surface area contributed by atoms with Gasteiger partial charge in [-0.2, -0.15) is 0 Å². The van der Waals surface area contributed by atoms with Gasteiger partial charge in [-0.1, -0.05) is 12.2 Å². The topological polar surface area (TPSA) is 92.7 Å². The maximum atomic E-state index is 12.8. The summed E-state index contributed by atoms with van der Waals surface area (Å²) >= 11 is 0. The van der Waals surface area contributed by atoms with E-state index in [0.717, 1.165) is 6.42 Å². The predicted molar refractivity (Wildman–Crippen MR) is 88.7 cm³/mol. The second-order valence-electron chi connectivity index (χ2n) is 7.05. The molecule has 25 heavy (non-hydrogen) atoms. The van der Waals surface area contributed by atoms with Gasteiger partial charge in [0.15, 0.2) is 0 Å². The van der Waals surface area contributed by atoms with E-state index < -0.39 is 23.8 Å². The monoisotopic (exact) mass is 341 g/mol. The van der Waals surface area contributed by atoms with E-state index in [2.05, 4.69) is 10.1 Å². The van der Waals surface area contributed by atoms with Gasteiger partial charge in [-0.15, -0.1) is 0 Å². The first-order valence-corrected chi connectivity index (χ1v) is 8.41. The van der Waals surface area contributed by atoms with E-state index >= 15 is 0 Å². The van der Waals surface area contributed by atoms with Gasteiger partial charge in [-0.25, -0.2) is 4.79 Å². The molecule has 0 heterocycles. The molecule has 2 fully saturated rings. The molecule has 1 aromatic rings. The van der Waals surface area contributed by atoms with Gasteiger partial charge in [0.1, 0.15) is 0 Å². The largest absolute Gasteiger partial charge is 0.481 e. The number of fused-ring (bicyclic) bond motifs is 1. The number of allylic oxidation sites excluding steroid dienone is 2. The molecule has 1 amide bonds. The normalized spacial score (nSPS) is 34.1. The molecule has 130 valence electrons. The number of hydrogen-bond acceptors (Lipinski definition) is 4. The third kappa shape index (κ3) is 2.52. The fourth-order valence-corrected chi connectivity index (χ4v) is 4.60. The highest BCUT2D eigenvalue weighted by atomic mass is 16.5. The van der Waals surface area contributed by atoms with Crippen LogP contribution in [-0.4, -0.2) is 30.1 Å². The highest BCUT2D eigenvalue weighted by molar-refractivity contribution is 5.97. The highest BCUT2D eigenvalue weighted by Crippen LogP contribution is 2.63. The molecule has 4 aliphatic rings. The Balaban J connectivity index is 1.53. The number of anilines is 1. The average molecular weight is 341 g/mol. The van der Waals surface area contributed by atoms with E-state index in [9.17, 15) is 19.5 Å². The maximum absolute atomic E-state index is 12.8. The van der Waals surface area contributed by atoms with Crippen molar-refractivity contribution in [1.82, 2.24) is 0 Å². The number of ether oxygens (including phenoxy) is 1. The molecule has 0 aliphatic heterocycles. The van der Waals surface area contributed by atoms with Gasteiger partial charge in [-0.05, 0) is 54.4 Å². The number of carboxylic acid groups (broad SMARTS) is 1. The highest BCUT2D eigenvalue weighted by Gasteiger charge is 2.62. The zero-order valence-electron chi connectivity index (χ0n) is 13.7. The lowest BCUT2D eigenvalue weighted by molar-refractivity contribution is -0.152. The SMILES string of the molecule is COC(=O)c1ccc(NC(=O)[C@H]2[C@H]3C=C[C@@H]([C@@H]4C[C@H]34)[C@@H]2C(=O)O)cc1. The fraction of sp³-hybridized carbons (Fsp3) is 0.421. The van der Waals surface area contributed by atoms with Crippen LogP contribution >= 0.6 is 0 Å². The van der Waals surface area contributed by atoms with Crippen molar-refractivity contribution >= 4 is 23.5 Å². The summed E-state index contributed by atoms with van der Waals surface area (Å²) in [4.78, 5) is 36.0. The van der Waals surface area contributed by atoms with Gasteiger partial charge in [0.25, 0.3) is 0 Å². The summed E-state index contributed by atoms with van der Waals surface area (Å²) in [5.41, 5.74) is 0.934. The summed E-state index contributed by atoms with van der Waals surface area (Å²) in [6.45, 7) is 0. The summed E-state index contributed by atoms with van der Waals surface area (Å²) in [5.74, 6) is -1.96. The molecule has 0 unspecified atom stereocenters. The van der Waals surface area contributed by atoms with Gasteiger partial charge >= 0.3 is 11.9 Å². The van der Waals surface area contributed by atoms with Crippen molar-refractivity contribution < 1.29 is 24.2 Å². The van der Waals surface area contributed by atoms with Crippen LogP contribution in [-0.2, 0) is 14.3 Å². The lowest BCUT2D eigenvalue weighted by Crippen LogP contribution is -2.48. The van der Waals surface area contributed by atoms with Crippen LogP contribution in [0, 0.1) is 35.5 Å². The van der Waals surface area contributed by atoms with Crippen LogP contribution in [0.3, 0.4) is 0 Å². The molecule has 2 bridgehead atoms. The molecule has 2 N–H and O–H groups in total. The molecular formula is C19H19NO5. The second-order valence-corrected chi connectivity index (χ2v) is 7.05. The molecule has 0 aromatic heterocycles. The molecule has 0 spiro atoms. The van der Waals surface area contributed by atoms with E-state index in [0.29, 0.717) is 23.1 Å². The Kier molecular flexibility index (Phi) is 3.63. The zero-order valence-corrected chi connectivity index (χ0v) is 13.7. The quantitative estimate of drug-likeness (QED) is 0.647. The molecule has 6 nitrogen and oxygen atoms in total. The van der Waals surface area contributed by atoms with E-state index in [1.807, 2.05) is 12.2 Å². The Morgan fingerprint density at radius 1 is 1.04 bits per heavy atom. The Hall–Kier alpha value is -2.63. The summed E-state index contributed by atoms with van der Waals surface area (Å²) in [7, 11) is 1.31. The van der Waals surface area contributed by atoms with Crippen LogP contribution in [0.25, 0.3) is 0 Å². The molecule has 2 saturated carbocycles. The van der Waals surface area contributed by atoms with Crippen LogP contribution in [0.2, 0.25) is 0 Å². The molecule has 1 aromatic carbocycles. The number of hydrogen-bond donors (Lipinski definition) is 2. The van der Waals surface area contributed by atoms with Crippen molar-refractivity contribution in [2.45, 2.75) is 6.42 Å². The van der Waals surface area contributed by atoms with Gasteiger partial charge in [-0.3, -0.25) is 9.59 Å². The number of carbonyl (C=O) groups excluding carboxylic acids is 2. The van der Waals surface area contributed by atoms with Crippen molar-refractivity contribution in [2.75, 3.05) is 12.4 Å². The first-order chi connectivity index (χ1) is 12.0. The third-order valence-electron chi connectivity index (χ3n) is 5.81. The molecule has 5 rings (SSSR count). The van der Waals surface area contributed by atoms with Crippen molar-refractivity contribution in [3.05, 3.63) is 42.0 Å². The van der Waals surface area contributed by atoms with Crippen molar-refractivity contribution in [1.29, 1.82) is 0 Å². The van der Waals surface area contributed by atoms with Crippen molar-refractivity contribution in [2.24, 2.45) is 35.5 Å². The summed E-state index contributed by atoms with van der Waals surface area (Å²) < 4.78 is 4.64. The Bertz CT molecular complexity index is 769.